The van der Waals surface area contributed by atoms with E-state index in [0.29, 0.717) is 25.8 Å². The Labute approximate surface area is 120 Å². The SMILES string of the molecule is CCC[C@H](NC(=O)CCCNC(=O)C(C)(C)C)C(=O)O. The van der Waals surface area contributed by atoms with E-state index in [-0.39, 0.29) is 18.2 Å². The van der Waals surface area contributed by atoms with Crippen molar-refractivity contribution in [2.24, 2.45) is 5.41 Å². The number of carboxylic acids is 1. The molecule has 0 aliphatic rings. The molecular weight excluding hydrogens is 260 g/mol. The summed E-state index contributed by atoms with van der Waals surface area (Å²) >= 11 is 0. The van der Waals surface area contributed by atoms with Gasteiger partial charge in [0.15, 0.2) is 0 Å². The molecule has 0 aliphatic carbocycles. The van der Waals surface area contributed by atoms with Gasteiger partial charge < -0.3 is 15.7 Å². The van der Waals surface area contributed by atoms with Gasteiger partial charge in [-0.2, -0.15) is 0 Å². The smallest absolute Gasteiger partial charge is 0.326 e. The summed E-state index contributed by atoms with van der Waals surface area (Å²) in [7, 11) is 0. The van der Waals surface area contributed by atoms with Crippen LogP contribution in [-0.2, 0) is 14.4 Å². The molecule has 0 rings (SSSR count). The van der Waals surface area contributed by atoms with Gasteiger partial charge in [0.05, 0.1) is 0 Å². The number of hydrogen-bond acceptors (Lipinski definition) is 3. The van der Waals surface area contributed by atoms with Crippen LogP contribution in [0.1, 0.15) is 53.4 Å². The van der Waals surface area contributed by atoms with Crippen molar-refractivity contribution in [2.45, 2.75) is 59.4 Å². The molecule has 0 aliphatic heterocycles. The third kappa shape index (κ3) is 7.76. The molecule has 0 saturated carbocycles. The maximum atomic E-state index is 11.6. The average Bonchev–Trinajstić information content (AvgIpc) is 2.32. The van der Waals surface area contributed by atoms with Crippen molar-refractivity contribution >= 4 is 17.8 Å². The number of carboxylic acid groups (broad SMARTS) is 1. The normalized spacial score (nSPS) is 12.6. The molecule has 0 fully saturated rings. The van der Waals surface area contributed by atoms with Crippen LogP contribution in [0.5, 0.6) is 0 Å². The van der Waals surface area contributed by atoms with Crippen molar-refractivity contribution < 1.29 is 19.5 Å². The van der Waals surface area contributed by atoms with Crippen LogP contribution in [0, 0.1) is 5.41 Å². The Morgan fingerprint density at radius 3 is 2.25 bits per heavy atom. The van der Waals surface area contributed by atoms with E-state index in [1.807, 2.05) is 27.7 Å². The van der Waals surface area contributed by atoms with E-state index in [9.17, 15) is 14.4 Å². The van der Waals surface area contributed by atoms with E-state index in [1.54, 1.807) is 0 Å². The first-order valence-electron chi connectivity index (χ1n) is 6.99. The number of aliphatic carboxylic acids is 1. The highest BCUT2D eigenvalue weighted by Gasteiger charge is 2.21. The lowest BCUT2D eigenvalue weighted by Gasteiger charge is -2.17. The molecule has 0 spiro atoms. The summed E-state index contributed by atoms with van der Waals surface area (Å²) in [6.07, 6.45) is 1.81. The van der Waals surface area contributed by atoms with E-state index >= 15 is 0 Å². The van der Waals surface area contributed by atoms with Crippen molar-refractivity contribution in [3.8, 4) is 0 Å². The molecule has 2 amide bonds. The van der Waals surface area contributed by atoms with Crippen molar-refractivity contribution in [1.29, 1.82) is 0 Å². The van der Waals surface area contributed by atoms with E-state index in [1.165, 1.54) is 0 Å². The van der Waals surface area contributed by atoms with Crippen LogP contribution in [0.3, 0.4) is 0 Å². The van der Waals surface area contributed by atoms with Gasteiger partial charge in [-0.3, -0.25) is 9.59 Å². The highest BCUT2D eigenvalue weighted by atomic mass is 16.4. The summed E-state index contributed by atoms with van der Waals surface area (Å²) < 4.78 is 0. The largest absolute Gasteiger partial charge is 0.480 e. The zero-order chi connectivity index (χ0) is 15.8. The molecule has 0 saturated heterocycles. The molecular formula is C14H26N2O4. The Hall–Kier alpha value is -1.59. The van der Waals surface area contributed by atoms with Crippen LogP contribution in [0.25, 0.3) is 0 Å². The Morgan fingerprint density at radius 1 is 1.20 bits per heavy atom. The molecule has 0 heterocycles. The Morgan fingerprint density at radius 2 is 1.80 bits per heavy atom. The van der Waals surface area contributed by atoms with Gasteiger partial charge in [0, 0.05) is 18.4 Å². The minimum Gasteiger partial charge on any atom is -0.480 e. The number of carbonyl (C=O) groups is 3. The molecule has 0 aromatic carbocycles. The second-order valence-corrected chi connectivity index (χ2v) is 5.86. The topological polar surface area (TPSA) is 95.5 Å². The van der Waals surface area contributed by atoms with Crippen molar-refractivity contribution in [2.75, 3.05) is 6.54 Å². The first-order chi connectivity index (χ1) is 9.18. The maximum Gasteiger partial charge on any atom is 0.326 e. The fourth-order valence-corrected chi connectivity index (χ4v) is 1.53. The maximum absolute atomic E-state index is 11.6. The zero-order valence-corrected chi connectivity index (χ0v) is 12.8. The van der Waals surface area contributed by atoms with Crippen LogP contribution in [0.2, 0.25) is 0 Å². The molecule has 0 unspecified atom stereocenters. The summed E-state index contributed by atoms with van der Waals surface area (Å²) in [6, 6.07) is -0.823. The number of amides is 2. The van der Waals surface area contributed by atoms with E-state index < -0.39 is 17.4 Å². The van der Waals surface area contributed by atoms with Crippen LogP contribution in [-0.4, -0.2) is 35.5 Å². The summed E-state index contributed by atoms with van der Waals surface area (Å²) in [5.74, 6) is -1.37. The molecule has 6 nitrogen and oxygen atoms in total. The third-order valence-corrected chi connectivity index (χ3v) is 2.76. The van der Waals surface area contributed by atoms with Crippen molar-refractivity contribution in [1.82, 2.24) is 10.6 Å². The second kappa shape index (κ2) is 8.55. The standard InChI is InChI=1S/C14H26N2O4/c1-5-7-10(12(18)19)16-11(17)8-6-9-15-13(20)14(2,3)4/h10H,5-9H2,1-4H3,(H,15,20)(H,16,17)(H,18,19)/t10-/m0/s1. The number of nitrogens with one attached hydrogen (secondary N) is 2. The van der Waals surface area contributed by atoms with Crippen LogP contribution < -0.4 is 10.6 Å². The molecule has 0 aromatic rings. The molecule has 20 heavy (non-hydrogen) atoms. The summed E-state index contributed by atoms with van der Waals surface area (Å²) in [6.45, 7) is 7.73. The van der Waals surface area contributed by atoms with E-state index in [4.69, 9.17) is 5.11 Å². The summed E-state index contributed by atoms with van der Waals surface area (Å²) in [5.41, 5.74) is -0.447. The Kier molecular flexibility index (Phi) is 7.87. The highest BCUT2D eigenvalue weighted by molar-refractivity contribution is 5.83. The van der Waals surface area contributed by atoms with Gasteiger partial charge in [-0.1, -0.05) is 34.1 Å². The lowest BCUT2D eigenvalue weighted by atomic mass is 9.96. The number of carbonyl (C=O) groups excluding carboxylic acids is 2. The lowest BCUT2D eigenvalue weighted by Crippen LogP contribution is -2.41. The van der Waals surface area contributed by atoms with Gasteiger partial charge in [0.1, 0.15) is 6.04 Å². The third-order valence-electron chi connectivity index (χ3n) is 2.76. The Bertz CT molecular complexity index is 348. The molecule has 0 bridgehead atoms. The number of hydrogen-bond donors (Lipinski definition) is 3. The fourth-order valence-electron chi connectivity index (χ4n) is 1.53. The summed E-state index contributed by atoms with van der Waals surface area (Å²) in [4.78, 5) is 34.0. The van der Waals surface area contributed by atoms with E-state index in [0.717, 1.165) is 0 Å². The zero-order valence-electron chi connectivity index (χ0n) is 12.8. The number of rotatable bonds is 8. The minimum atomic E-state index is -1.01. The van der Waals surface area contributed by atoms with Crippen LogP contribution in [0.15, 0.2) is 0 Å². The predicted molar refractivity (Wildman–Crippen MR) is 76.2 cm³/mol. The molecule has 116 valence electrons. The second-order valence-electron chi connectivity index (χ2n) is 5.86. The van der Waals surface area contributed by atoms with Gasteiger partial charge in [0.25, 0.3) is 0 Å². The lowest BCUT2D eigenvalue weighted by molar-refractivity contribution is -0.142. The van der Waals surface area contributed by atoms with Crippen molar-refractivity contribution in [3.05, 3.63) is 0 Å². The molecule has 0 aromatic heterocycles. The Balaban J connectivity index is 3.94. The quantitative estimate of drug-likeness (QED) is 0.586. The summed E-state index contributed by atoms with van der Waals surface area (Å²) in [5, 5.41) is 14.1. The molecule has 3 N–H and O–H groups in total. The van der Waals surface area contributed by atoms with Crippen LogP contribution >= 0.6 is 0 Å². The first kappa shape index (κ1) is 18.4. The molecule has 0 radical (unpaired) electrons. The average molecular weight is 286 g/mol. The van der Waals surface area contributed by atoms with Gasteiger partial charge in [-0.15, -0.1) is 0 Å². The highest BCUT2D eigenvalue weighted by Crippen LogP contribution is 2.12. The van der Waals surface area contributed by atoms with E-state index in [2.05, 4.69) is 10.6 Å². The minimum absolute atomic E-state index is 0.0627. The fraction of sp³-hybridized carbons (Fsp3) is 0.786. The molecule has 1 atom stereocenters. The predicted octanol–water partition coefficient (Wildman–Crippen LogP) is 1.30. The van der Waals surface area contributed by atoms with Gasteiger partial charge in [-0.05, 0) is 12.8 Å². The van der Waals surface area contributed by atoms with Gasteiger partial charge in [-0.25, -0.2) is 4.79 Å². The molecule has 6 heteroatoms. The first-order valence-corrected chi connectivity index (χ1v) is 6.99. The van der Waals surface area contributed by atoms with Crippen LogP contribution in [0.4, 0.5) is 0 Å². The van der Waals surface area contributed by atoms with Crippen molar-refractivity contribution in [3.63, 3.8) is 0 Å². The van der Waals surface area contributed by atoms with Gasteiger partial charge >= 0.3 is 5.97 Å². The van der Waals surface area contributed by atoms with Gasteiger partial charge in [0.2, 0.25) is 11.8 Å². The monoisotopic (exact) mass is 286 g/mol.